The Labute approximate surface area is 122 Å². The van der Waals surface area contributed by atoms with E-state index in [9.17, 15) is 0 Å². The first-order valence-electron chi connectivity index (χ1n) is 7.65. The summed E-state index contributed by atoms with van der Waals surface area (Å²) in [6.45, 7) is 6.88. The molecule has 112 valence electrons. The van der Waals surface area contributed by atoms with E-state index >= 15 is 0 Å². The maximum absolute atomic E-state index is 5.71. The minimum Gasteiger partial charge on any atom is -0.494 e. The van der Waals surface area contributed by atoms with Crippen LogP contribution < -0.4 is 10.1 Å². The van der Waals surface area contributed by atoms with Crippen molar-refractivity contribution in [2.45, 2.75) is 39.2 Å². The highest BCUT2D eigenvalue weighted by Crippen LogP contribution is 2.48. The molecule has 3 nitrogen and oxygen atoms in total. The average Bonchev–Trinajstić information content (AvgIpc) is 3.24. The Morgan fingerprint density at radius 3 is 2.70 bits per heavy atom. The molecule has 0 saturated heterocycles. The van der Waals surface area contributed by atoms with Gasteiger partial charge >= 0.3 is 0 Å². The number of hydrogen-bond donors (Lipinski definition) is 1. The summed E-state index contributed by atoms with van der Waals surface area (Å²) < 4.78 is 10.9. The van der Waals surface area contributed by atoms with Crippen LogP contribution in [0.4, 0.5) is 0 Å². The smallest absolute Gasteiger partial charge is 0.124 e. The van der Waals surface area contributed by atoms with Crippen LogP contribution in [0.15, 0.2) is 24.3 Å². The van der Waals surface area contributed by atoms with Crippen molar-refractivity contribution >= 4 is 0 Å². The molecule has 1 N–H and O–H groups in total. The molecular formula is C17H27NO2. The molecule has 3 heteroatoms. The third kappa shape index (κ3) is 3.97. The summed E-state index contributed by atoms with van der Waals surface area (Å²) in [7, 11) is 1.78. The molecule has 1 unspecified atom stereocenters. The molecule has 0 radical (unpaired) electrons. The van der Waals surface area contributed by atoms with Gasteiger partial charge in [-0.1, -0.05) is 18.2 Å². The van der Waals surface area contributed by atoms with Gasteiger partial charge in [-0.2, -0.15) is 0 Å². The van der Waals surface area contributed by atoms with Gasteiger partial charge in [0.2, 0.25) is 0 Å². The standard InChI is InChI=1S/C17H27NO2/c1-4-20-16-8-6-5-7-15(16)14(2)18-13-17(9-10-17)11-12-19-3/h5-8,14,18H,4,9-13H2,1-3H3. The molecule has 20 heavy (non-hydrogen) atoms. The van der Waals surface area contributed by atoms with E-state index in [2.05, 4.69) is 30.4 Å². The fourth-order valence-corrected chi connectivity index (χ4v) is 2.62. The highest BCUT2D eigenvalue weighted by atomic mass is 16.5. The lowest BCUT2D eigenvalue weighted by molar-refractivity contribution is 0.170. The lowest BCUT2D eigenvalue weighted by Crippen LogP contribution is -2.27. The SMILES string of the molecule is CCOc1ccccc1C(C)NCC1(CCOC)CC1. The van der Waals surface area contributed by atoms with Crippen molar-refractivity contribution in [2.24, 2.45) is 5.41 Å². The van der Waals surface area contributed by atoms with E-state index in [-0.39, 0.29) is 0 Å². The Bertz CT molecular complexity index is 415. The monoisotopic (exact) mass is 277 g/mol. The van der Waals surface area contributed by atoms with Crippen LogP contribution in [0.5, 0.6) is 5.75 Å². The van der Waals surface area contributed by atoms with Gasteiger partial charge in [-0.15, -0.1) is 0 Å². The van der Waals surface area contributed by atoms with Crippen molar-refractivity contribution in [3.63, 3.8) is 0 Å². The zero-order valence-corrected chi connectivity index (χ0v) is 12.9. The summed E-state index contributed by atoms with van der Waals surface area (Å²) in [6, 6.07) is 8.63. The normalized spacial score (nSPS) is 17.8. The van der Waals surface area contributed by atoms with Crippen molar-refractivity contribution in [2.75, 3.05) is 26.9 Å². The van der Waals surface area contributed by atoms with Crippen LogP contribution in [0.1, 0.15) is 44.7 Å². The van der Waals surface area contributed by atoms with Gasteiger partial charge in [0.15, 0.2) is 0 Å². The molecule has 1 aliphatic carbocycles. The second kappa shape index (κ2) is 7.09. The minimum absolute atomic E-state index is 0.317. The number of para-hydroxylation sites is 1. The fourth-order valence-electron chi connectivity index (χ4n) is 2.62. The Morgan fingerprint density at radius 1 is 1.30 bits per heavy atom. The van der Waals surface area contributed by atoms with E-state index in [1.54, 1.807) is 7.11 Å². The molecule has 1 fully saturated rings. The Morgan fingerprint density at radius 2 is 2.05 bits per heavy atom. The van der Waals surface area contributed by atoms with Crippen molar-refractivity contribution < 1.29 is 9.47 Å². The molecule has 2 rings (SSSR count). The number of hydrogen-bond acceptors (Lipinski definition) is 3. The first-order chi connectivity index (χ1) is 9.71. The predicted molar refractivity (Wildman–Crippen MR) is 82.2 cm³/mol. The zero-order valence-electron chi connectivity index (χ0n) is 12.9. The van der Waals surface area contributed by atoms with Crippen LogP contribution in [-0.4, -0.2) is 26.9 Å². The predicted octanol–water partition coefficient (Wildman–Crippen LogP) is 3.55. The van der Waals surface area contributed by atoms with Crippen LogP contribution in [0, 0.1) is 5.41 Å². The second-order valence-electron chi connectivity index (χ2n) is 5.82. The molecule has 0 amide bonds. The third-order valence-corrected chi connectivity index (χ3v) is 4.26. The summed E-state index contributed by atoms with van der Waals surface area (Å²) in [4.78, 5) is 0. The molecule has 1 atom stereocenters. The van der Waals surface area contributed by atoms with E-state index in [1.807, 2.05) is 13.0 Å². The van der Waals surface area contributed by atoms with Gasteiger partial charge in [-0.05, 0) is 44.6 Å². The lowest BCUT2D eigenvalue weighted by Gasteiger charge is -2.22. The molecule has 1 aromatic rings. The molecular weight excluding hydrogens is 250 g/mol. The molecule has 0 spiro atoms. The number of methoxy groups -OCH3 is 1. The summed E-state index contributed by atoms with van der Waals surface area (Å²) >= 11 is 0. The van der Waals surface area contributed by atoms with Crippen molar-refractivity contribution in [3.05, 3.63) is 29.8 Å². The van der Waals surface area contributed by atoms with Crippen LogP contribution in [0.25, 0.3) is 0 Å². The van der Waals surface area contributed by atoms with Crippen molar-refractivity contribution in [3.8, 4) is 5.75 Å². The number of benzene rings is 1. The lowest BCUT2D eigenvalue weighted by atomic mass is 10.0. The molecule has 1 aliphatic rings. The van der Waals surface area contributed by atoms with Crippen LogP contribution in [-0.2, 0) is 4.74 Å². The first-order valence-corrected chi connectivity index (χ1v) is 7.65. The summed E-state index contributed by atoms with van der Waals surface area (Å²) in [5.74, 6) is 0.997. The Balaban J connectivity index is 1.90. The number of rotatable bonds is 9. The molecule has 0 heterocycles. The van der Waals surface area contributed by atoms with Gasteiger partial charge in [0.05, 0.1) is 6.61 Å². The molecule has 1 aromatic carbocycles. The van der Waals surface area contributed by atoms with E-state index in [0.717, 1.165) is 25.3 Å². The average molecular weight is 277 g/mol. The van der Waals surface area contributed by atoms with Crippen molar-refractivity contribution in [1.82, 2.24) is 5.32 Å². The topological polar surface area (TPSA) is 30.5 Å². The second-order valence-corrected chi connectivity index (χ2v) is 5.82. The molecule has 0 bridgehead atoms. The first kappa shape index (κ1) is 15.3. The minimum atomic E-state index is 0.317. The van der Waals surface area contributed by atoms with Gasteiger partial charge in [-0.3, -0.25) is 0 Å². The van der Waals surface area contributed by atoms with Crippen molar-refractivity contribution in [1.29, 1.82) is 0 Å². The Hall–Kier alpha value is -1.06. The van der Waals surface area contributed by atoms with Crippen LogP contribution in [0.3, 0.4) is 0 Å². The largest absolute Gasteiger partial charge is 0.494 e. The number of nitrogens with one attached hydrogen (secondary N) is 1. The number of ether oxygens (including phenoxy) is 2. The van der Waals surface area contributed by atoms with Gasteiger partial charge in [0, 0.05) is 31.9 Å². The maximum atomic E-state index is 5.71. The zero-order chi connectivity index (χ0) is 14.4. The van der Waals surface area contributed by atoms with Crippen LogP contribution in [0.2, 0.25) is 0 Å². The van der Waals surface area contributed by atoms with Gasteiger partial charge in [0.25, 0.3) is 0 Å². The summed E-state index contributed by atoms with van der Waals surface area (Å²) in [5, 5.41) is 3.67. The maximum Gasteiger partial charge on any atom is 0.124 e. The Kier molecular flexibility index (Phi) is 5.44. The molecule has 0 aliphatic heterocycles. The highest BCUT2D eigenvalue weighted by Gasteiger charge is 2.41. The van der Waals surface area contributed by atoms with Gasteiger partial charge in [0.1, 0.15) is 5.75 Å². The third-order valence-electron chi connectivity index (χ3n) is 4.26. The highest BCUT2D eigenvalue weighted by molar-refractivity contribution is 5.35. The fraction of sp³-hybridized carbons (Fsp3) is 0.647. The molecule has 0 aromatic heterocycles. The van der Waals surface area contributed by atoms with E-state index in [4.69, 9.17) is 9.47 Å². The summed E-state index contributed by atoms with van der Waals surface area (Å²) in [5.41, 5.74) is 1.72. The van der Waals surface area contributed by atoms with E-state index < -0.39 is 0 Å². The van der Waals surface area contributed by atoms with Gasteiger partial charge < -0.3 is 14.8 Å². The molecule has 1 saturated carbocycles. The van der Waals surface area contributed by atoms with Crippen LogP contribution >= 0.6 is 0 Å². The quantitative estimate of drug-likeness (QED) is 0.748. The van der Waals surface area contributed by atoms with E-state index in [0.29, 0.717) is 18.1 Å². The van der Waals surface area contributed by atoms with Gasteiger partial charge in [-0.25, -0.2) is 0 Å². The summed E-state index contributed by atoms with van der Waals surface area (Å²) in [6.07, 6.45) is 3.81. The van der Waals surface area contributed by atoms with E-state index in [1.165, 1.54) is 18.4 Å².